The smallest absolute Gasteiger partial charge is 0.0609 e. The summed E-state index contributed by atoms with van der Waals surface area (Å²) in [6.45, 7) is 2.95. The fourth-order valence-corrected chi connectivity index (χ4v) is 4.59. The number of rotatable bonds is 2. The van der Waals surface area contributed by atoms with Gasteiger partial charge in [-0.2, -0.15) is 11.8 Å². The van der Waals surface area contributed by atoms with Gasteiger partial charge in [-0.15, -0.1) is 0 Å². The third-order valence-electron chi connectivity index (χ3n) is 4.62. The molecule has 0 aromatic heterocycles. The molecule has 0 bridgehead atoms. The van der Waals surface area contributed by atoms with Crippen molar-refractivity contribution in [1.82, 2.24) is 0 Å². The molecule has 0 amide bonds. The summed E-state index contributed by atoms with van der Waals surface area (Å²) in [5.74, 6) is 2.48. The van der Waals surface area contributed by atoms with Gasteiger partial charge in [0, 0.05) is 26.7 Å². The predicted octanol–water partition coefficient (Wildman–Crippen LogP) is 2.17. The Morgan fingerprint density at radius 1 is 1.16 bits per heavy atom. The Bertz CT molecular complexity index is 443. The van der Waals surface area contributed by atoms with E-state index in [1.54, 1.807) is 0 Å². The van der Waals surface area contributed by atoms with Crippen molar-refractivity contribution in [3.63, 3.8) is 0 Å². The number of nitrogens with two attached hydrogens (primary N) is 1. The minimum atomic E-state index is 0.183. The van der Waals surface area contributed by atoms with Crippen molar-refractivity contribution in [3.05, 3.63) is 24.3 Å². The highest BCUT2D eigenvalue weighted by Crippen LogP contribution is 2.41. The maximum absolute atomic E-state index is 6.20. The lowest BCUT2D eigenvalue weighted by Gasteiger charge is -2.51. The summed E-state index contributed by atoms with van der Waals surface area (Å²) >= 11 is 2.07. The summed E-state index contributed by atoms with van der Waals surface area (Å²) in [6.07, 6.45) is 2.43. The molecule has 1 saturated heterocycles. The molecule has 0 saturated carbocycles. The Kier molecular flexibility index (Phi) is 3.63. The molecule has 2 aliphatic heterocycles. The molecule has 19 heavy (non-hydrogen) atoms. The number of hydrogen-bond acceptors (Lipinski definition) is 4. The van der Waals surface area contributed by atoms with Gasteiger partial charge in [0.05, 0.1) is 16.9 Å². The second-order valence-electron chi connectivity index (χ2n) is 5.60. The molecule has 1 fully saturated rings. The van der Waals surface area contributed by atoms with E-state index in [9.17, 15) is 0 Å². The van der Waals surface area contributed by atoms with Crippen LogP contribution in [0.2, 0.25) is 0 Å². The van der Waals surface area contributed by atoms with Crippen molar-refractivity contribution in [2.75, 3.05) is 48.0 Å². The lowest BCUT2D eigenvalue weighted by atomic mass is 9.88. The number of nitrogens with zero attached hydrogens (tertiary/aromatic N) is 2. The standard InChI is InChI=1S/C15H23N3S/c1-17-8-9-18(14-5-3-2-4-13(14)17)15(12-16)6-10-19-11-7-15/h2-5H,6-12,16H2,1H3. The normalized spacial score (nSPS) is 22.2. The highest BCUT2D eigenvalue weighted by molar-refractivity contribution is 7.99. The van der Waals surface area contributed by atoms with Crippen molar-refractivity contribution in [1.29, 1.82) is 0 Å². The SMILES string of the molecule is CN1CCN(C2(CN)CCSCC2)c2ccccc21. The zero-order valence-corrected chi connectivity index (χ0v) is 12.5. The summed E-state index contributed by atoms with van der Waals surface area (Å²) in [6, 6.07) is 8.75. The van der Waals surface area contributed by atoms with Gasteiger partial charge < -0.3 is 15.5 Å². The van der Waals surface area contributed by atoms with E-state index in [0.29, 0.717) is 0 Å². The van der Waals surface area contributed by atoms with Gasteiger partial charge in [0.1, 0.15) is 0 Å². The van der Waals surface area contributed by atoms with E-state index in [4.69, 9.17) is 5.73 Å². The van der Waals surface area contributed by atoms with Crippen LogP contribution >= 0.6 is 11.8 Å². The van der Waals surface area contributed by atoms with Crippen LogP contribution in [0.1, 0.15) is 12.8 Å². The van der Waals surface area contributed by atoms with Crippen LogP contribution in [0.4, 0.5) is 11.4 Å². The Balaban J connectivity index is 1.99. The van der Waals surface area contributed by atoms with E-state index in [-0.39, 0.29) is 5.54 Å². The molecule has 0 unspecified atom stereocenters. The molecule has 2 aliphatic rings. The summed E-state index contributed by atoms with van der Waals surface area (Å²) in [4.78, 5) is 4.95. The van der Waals surface area contributed by atoms with Crippen molar-refractivity contribution >= 4 is 23.1 Å². The molecule has 3 rings (SSSR count). The van der Waals surface area contributed by atoms with Crippen LogP contribution in [-0.2, 0) is 0 Å². The maximum Gasteiger partial charge on any atom is 0.0609 e. The van der Waals surface area contributed by atoms with Crippen molar-refractivity contribution in [3.8, 4) is 0 Å². The number of benzene rings is 1. The van der Waals surface area contributed by atoms with Crippen LogP contribution in [0.5, 0.6) is 0 Å². The highest BCUT2D eigenvalue weighted by Gasteiger charge is 2.39. The van der Waals surface area contributed by atoms with Crippen molar-refractivity contribution < 1.29 is 0 Å². The first-order chi connectivity index (χ1) is 9.27. The van der Waals surface area contributed by atoms with Gasteiger partial charge in [0.15, 0.2) is 0 Å². The molecule has 104 valence electrons. The molecule has 2 N–H and O–H groups in total. The predicted molar refractivity (Wildman–Crippen MR) is 85.4 cm³/mol. The van der Waals surface area contributed by atoms with E-state index in [0.717, 1.165) is 19.6 Å². The molecule has 3 nitrogen and oxygen atoms in total. The minimum Gasteiger partial charge on any atom is -0.371 e. The molecule has 0 radical (unpaired) electrons. The fourth-order valence-electron chi connectivity index (χ4n) is 3.33. The number of fused-ring (bicyclic) bond motifs is 1. The van der Waals surface area contributed by atoms with Crippen LogP contribution in [0.15, 0.2) is 24.3 Å². The second kappa shape index (κ2) is 5.25. The van der Waals surface area contributed by atoms with E-state index in [2.05, 4.69) is 52.9 Å². The van der Waals surface area contributed by atoms with Crippen molar-refractivity contribution in [2.45, 2.75) is 18.4 Å². The molecule has 1 aromatic rings. The number of para-hydroxylation sites is 2. The topological polar surface area (TPSA) is 32.5 Å². The first-order valence-corrected chi connectivity index (χ1v) is 8.28. The van der Waals surface area contributed by atoms with E-state index in [1.165, 1.54) is 35.7 Å². The monoisotopic (exact) mass is 277 g/mol. The van der Waals surface area contributed by atoms with Crippen LogP contribution in [0, 0.1) is 0 Å². The summed E-state index contributed by atoms with van der Waals surface area (Å²) in [5.41, 5.74) is 9.10. The largest absolute Gasteiger partial charge is 0.371 e. The molecule has 0 spiro atoms. The van der Waals surface area contributed by atoms with Crippen LogP contribution in [0.3, 0.4) is 0 Å². The molecule has 2 heterocycles. The Hall–Kier alpha value is -0.870. The zero-order valence-electron chi connectivity index (χ0n) is 11.6. The summed E-state index contributed by atoms with van der Waals surface area (Å²) in [5, 5.41) is 0. The van der Waals surface area contributed by atoms with Gasteiger partial charge in [-0.1, -0.05) is 12.1 Å². The zero-order chi connectivity index (χ0) is 13.3. The summed E-state index contributed by atoms with van der Waals surface area (Å²) < 4.78 is 0. The van der Waals surface area contributed by atoms with E-state index < -0.39 is 0 Å². The van der Waals surface area contributed by atoms with Crippen LogP contribution in [-0.4, -0.2) is 43.7 Å². The van der Waals surface area contributed by atoms with Gasteiger partial charge in [-0.25, -0.2) is 0 Å². The fraction of sp³-hybridized carbons (Fsp3) is 0.600. The number of thioether (sulfide) groups is 1. The Morgan fingerprint density at radius 3 is 2.53 bits per heavy atom. The maximum atomic E-state index is 6.20. The molecule has 4 heteroatoms. The summed E-state index contributed by atoms with van der Waals surface area (Å²) in [7, 11) is 2.18. The van der Waals surface area contributed by atoms with Crippen LogP contribution < -0.4 is 15.5 Å². The first-order valence-electron chi connectivity index (χ1n) is 7.12. The van der Waals surface area contributed by atoms with E-state index >= 15 is 0 Å². The molecule has 0 aliphatic carbocycles. The quantitative estimate of drug-likeness (QED) is 0.898. The molecular weight excluding hydrogens is 254 g/mol. The Labute approximate surface area is 120 Å². The third-order valence-corrected chi connectivity index (χ3v) is 5.60. The van der Waals surface area contributed by atoms with Gasteiger partial charge in [-0.3, -0.25) is 0 Å². The van der Waals surface area contributed by atoms with Gasteiger partial charge in [0.25, 0.3) is 0 Å². The second-order valence-corrected chi connectivity index (χ2v) is 6.83. The van der Waals surface area contributed by atoms with Gasteiger partial charge >= 0.3 is 0 Å². The minimum absolute atomic E-state index is 0.183. The average molecular weight is 277 g/mol. The molecule has 0 atom stereocenters. The lowest BCUT2D eigenvalue weighted by molar-refractivity contribution is 0.363. The van der Waals surface area contributed by atoms with Crippen molar-refractivity contribution in [2.24, 2.45) is 5.73 Å². The molecular formula is C15H23N3S. The number of likely N-dealkylation sites (N-methyl/N-ethyl adjacent to an activating group) is 1. The molecule has 1 aromatic carbocycles. The van der Waals surface area contributed by atoms with E-state index in [1.807, 2.05) is 0 Å². The Morgan fingerprint density at radius 2 is 1.84 bits per heavy atom. The lowest BCUT2D eigenvalue weighted by Crippen LogP contribution is -2.59. The number of hydrogen-bond donors (Lipinski definition) is 1. The average Bonchev–Trinajstić information content (AvgIpc) is 2.48. The van der Waals surface area contributed by atoms with Crippen LogP contribution in [0.25, 0.3) is 0 Å². The third kappa shape index (κ3) is 2.21. The van der Waals surface area contributed by atoms with Gasteiger partial charge in [0.2, 0.25) is 0 Å². The number of anilines is 2. The highest BCUT2D eigenvalue weighted by atomic mass is 32.2. The first kappa shape index (κ1) is 13.1. The van der Waals surface area contributed by atoms with Gasteiger partial charge in [-0.05, 0) is 36.5 Å².